The van der Waals surface area contributed by atoms with E-state index in [-0.39, 0.29) is 31.1 Å². The van der Waals surface area contributed by atoms with Gasteiger partial charge in [0.05, 0.1) is 0 Å². The lowest BCUT2D eigenvalue weighted by Gasteiger charge is -2.18. The number of carbonyl (C=O) groups excluding carboxylic acids is 3. The highest BCUT2D eigenvalue weighted by Gasteiger charge is 2.19. The summed E-state index contributed by atoms with van der Waals surface area (Å²) in [5, 5.41) is 0. The molecular formula is C67H116O6. The van der Waals surface area contributed by atoms with Gasteiger partial charge in [0.2, 0.25) is 0 Å². The van der Waals surface area contributed by atoms with E-state index < -0.39 is 6.10 Å². The third-order valence-electron chi connectivity index (χ3n) is 13.4. The maximum absolute atomic E-state index is 12.9. The Labute approximate surface area is 452 Å². The minimum atomic E-state index is -0.788. The van der Waals surface area contributed by atoms with Crippen LogP contribution in [0.5, 0.6) is 0 Å². The molecule has 0 aromatic carbocycles. The molecule has 6 heteroatoms. The molecule has 0 N–H and O–H groups in total. The Bertz CT molecular complexity index is 1400. The molecule has 0 spiro atoms. The lowest BCUT2D eigenvalue weighted by molar-refractivity contribution is -0.167. The van der Waals surface area contributed by atoms with Gasteiger partial charge in [-0.1, -0.05) is 273 Å². The average Bonchev–Trinajstić information content (AvgIpc) is 3.39. The number of hydrogen-bond donors (Lipinski definition) is 0. The number of hydrogen-bond acceptors (Lipinski definition) is 6. The lowest BCUT2D eigenvalue weighted by atomic mass is 10.0. The second-order valence-corrected chi connectivity index (χ2v) is 20.6. The van der Waals surface area contributed by atoms with Crippen LogP contribution in [0.15, 0.2) is 85.1 Å². The number of unbranched alkanes of at least 4 members (excludes halogenated alkanes) is 31. The van der Waals surface area contributed by atoms with Crippen molar-refractivity contribution in [1.29, 1.82) is 0 Å². The van der Waals surface area contributed by atoms with Gasteiger partial charge >= 0.3 is 17.9 Å². The van der Waals surface area contributed by atoms with Crippen LogP contribution in [0.3, 0.4) is 0 Å². The van der Waals surface area contributed by atoms with Crippen LogP contribution in [0.1, 0.15) is 303 Å². The van der Waals surface area contributed by atoms with E-state index in [1.165, 1.54) is 141 Å². The van der Waals surface area contributed by atoms with Gasteiger partial charge in [-0.2, -0.15) is 0 Å². The molecule has 0 aromatic heterocycles. The summed E-state index contributed by atoms with van der Waals surface area (Å²) in [6, 6.07) is 0. The van der Waals surface area contributed by atoms with Crippen molar-refractivity contribution in [2.24, 2.45) is 0 Å². The summed E-state index contributed by atoms with van der Waals surface area (Å²) in [6.07, 6.45) is 80.0. The van der Waals surface area contributed by atoms with Crippen molar-refractivity contribution in [3.8, 4) is 0 Å². The lowest BCUT2D eigenvalue weighted by Crippen LogP contribution is -2.30. The number of esters is 3. The molecule has 0 rings (SSSR count). The van der Waals surface area contributed by atoms with Crippen molar-refractivity contribution in [3.63, 3.8) is 0 Å². The van der Waals surface area contributed by atoms with Crippen molar-refractivity contribution in [3.05, 3.63) is 85.1 Å². The van der Waals surface area contributed by atoms with Gasteiger partial charge in [-0.05, 0) is 96.3 Å². The normalized spacial score (nSPS) is 12.6. The maximum Gasteiger partial charge on any atom is 0.306 e. The first-order chi connectivity index (χ1) is 36.0. The molecule has 0 radical (unpaired) electrons. The monoisotopic (exact) mass is 1020 g/mol. The van der Waals surface area contributed by atoms with E-state index in [1.54, 1.807) is 0 Å². The molecule has 0 saturated carbocycles. The van der Waals surface area contributed by atoms with Gasteiger partial charge in [0.15, 0.2) is 6.10 Å². The van der Waals surface area contributed by atoms with E-state index in [9.17, 15) is 14.4 Å². The molecular weight excluding hydrogens is 901 g/mol. The smallest absolute Gasteiger partial charge is 0.306 e. The second kappa shape index (κ2) is 61.1. The minimum Gasteiger partial charge on any atom is -0.462 e. The summed E-state index contributed by atoms with van der Waals surface area (Å²) in [7, 11) is 0. The quantitative estimate of drug-likeness (QED) is 0.0261. The molecule has 6 nitrogen and oxygen atoms in total. The molecule has 0 bridgehead atoms. The third-order valence-corrected chi connectivity index (χ3v) is 13.4. The number of ether oxygens (including phenoxy) is 3. The fourth-order valence-electron chi connectivity index (χ4n) is 8.74. The summed E-state index contributed by atoms with van der Waals surface area (Å²) in [5.74, 6) is -0.896. The van der Waals surface area contributed by atoms with E-state index in [2.05, 4.69) is 106 Å². The predicted octanol–water partition coefficient (Wildman–Crippen LogP) is 21.1. The van der Waals surface area contributed by atoms with E-state index in [0.29, 0.717) is 19.3 Å². The van der Waals surface area contributed by atoms with Crippen LogP contribution in [-0.4, -0.2) is 37.2 Å². The molecule has 0 aliphatic carbocycles. The Morgan fingerprint density at radius 3 is 0.849 bits per heavy atom. The van der Waals surface area contributed by atoms with Gasteiger partial charge in [-0.15, -0.1) is 0 Å². The highest BCUT2D eigenvalue weighted by molar-refractivity contribution is 5.71. The van der Waals surface area contributed by atoms with Crippen LogP contribution in [0, 0.1) is 0 Å². The van der Waals surface area contributed by atoms with E-state index >= 15 is 0 Å². The Balaban J connectivity index is 4.39. The van der Waals surface area contributed by atoms with Gasteiger partial charge in [0.25, 0.3) is 0 Å². The zero-order chi connectivity index (χ0) is 52.9. The van der Waals surface area contributed by atoms with Crippen LogP contribution in [0.25, 0.3) is 0 Å². The van der Waals surface area contributed by atoms with Gasteiger partial charge in [0.1, 0.15) is 13.2 Å². The fraction of sp³-hybridized carbons (Fsp3) is 0.746. The van der Waals surface area contributed by atoms with E-state index in [4.69, 9.17) is 14.2 Å². The summed E-state index contributed by atoms with van der Waals surface area (Å²) >= 11 is 0. The molecule has 0 aliphatic rings. The predicted molar refractivity (Wildman–Crippen MR) is 316 cm³/mol. The molecule has 0 amide bonds. The fourth-order valence-corrected chi connectivity index (χ4v) is 8.74. The van der Waals surface area contributed by atoms with E-state index in [1.807, 2.05) is 0 Å². The van der Waals surface area contributed by atoms with Gasteiger partial charge in [-0.3, -0.25) is 14.4 Å². The molecule has 0 aromatic rings. The summed E-state index contributed by atoms with van der Waals surface area (Å²) in [5.41, 5.74) is 0. The van der Waals surface area contributed by atoms with Crippen molar-refractivity contribution in [2.45, 2.75) is 309 Å². The molecule has 73 heavy (non-hydrogen) atoms. The van der Waals surface area contributed by atoms with Crippen LogP contribution >= 0.6 is 0 Å². The van der Waals surface area contributed by atoms with Crippen molar-refractivity contribution in [2.75, 3.05) is 13.2 Å². The second-order valence-electron chi connectivity index (χ2n) is 20.6. The zero-order valence-electron chi connectivity index (χ0n) is 48.1. The largest absolute Gasteiger partial charge is 0.462 e. The Hall–Kier alpha value is -3.41. The van der Waals surface area contributed by atoms with Crippen LogP contribution in [0.4, 0.5) is 0 Å². The summed E-state index contributed by atoms with van der Waals surface area (Å²) < 4.78 is 16.9. The van der Waals surface area contributed by atoms with Crippen LogP contribution < -0.4 is 0 Å². The Morgan fingerprint density at radius 1 is 0.288 bits per heavy atom. The molecule has 420 valence electrons. The maximum atomic E-state index is 12.9. The standard InChI is InChI=1S/C67H116O6/c1-4-7-10-13-16-19-22-25-28-31-32-33-34-35-36-37-40-42-45-48-51-54-57-60-66(69)72-63-64(73-67(70)61-58-55-52-49-46-43-39-30-27-24-21-18-15-12-9-6-3)62-71-65(68)59-56-53-50-47-44-41-38-29-26-23-20-17-14-11-8-5-2/h7,10,16,19,21,24-25,28,30,32-33,35-36,39,64H,4-6,8-9,11-15,17-18,20,22-23,26-27,29,31,34,37-38,40-63H2,1-3H3/b10-7-,19-16-,24-21-,28-25-,33-32-,36-35-,39-30-. The van der Waals surface area contributed by atoms with Gasteiger partial charge < -0.3 is 14.2 Å². The number of allylic oxidation sites excluding steroid dienone is 14. The third kappa shape index (κ3) is 59.3. The molecule has 1 atom stereocenters. The van der Waals surface area contributed by atoms with Gasteiger partial charge in [0, 0.05) is 19.3 Å². The van der Waals surface area contributed by atoms with Gasteiger partial charge in [-0.25, -0.2) is 0 Å². The number of carbonyl (C=O) groups is 3. The molecule has 0 heterocycles. The SMILES string of the molecule is CC/C=C\C/C=C\C/C=C\C/C=C\C/C=C\CCCCCCCCCC(=O)OCC(COC(=O)CCCCCCCCCCCCCCCCCC)OC(=O)CCCCCCC/C=C\C/C=C\CCCCCC. The topological polar surface area (TPSA) is 78.9 Å². The molecule has 0 aliphatic heterocycles. The van der Waals surface area contributed by atoms with Crippen LogP contribution in [-0.2, 0) is 28.6 Å². The summed E-state index contributed by atoms with van der Waals surface area (Å²) in [6.45, 7) is 6.52. The molecule has 0 saturated heterocycles. The van der Waals surface area contributed by atoms with Crippen molar-refractivity contribution >= 4 is 17.9 Å². The zero-order valence-corrected chi connectivity index (χ0v) is 48.1. The first kappa shape index (κ1) is 69.6. The Kier molecular flexibility index (Phi) is 58.3. The first-order valence-corrected chi connectivity index (χ1v) is 31.1. The van der Waals surface area contributed by atoms with Crippen molar-refractivity contribution < 1.29 is 28.6 Å². The Morgan fingerprint density at radius 2 is 0.534 bits per heavy atom. The highest BCUT2D eigenvalue weighted by Crippen LogP contribution is 2.16. The highest BCUT2D eigenvalue weighted by atomic mass is 16.6. The van der Waals surface area contributed by atoms with Crippen LogP contribution in [0.2, 0.25) is 0 Å². The number of rotatable bonds is 56. The molecule has 1 unspecified atom stereocenters. The summed E-state index contributed by atoms with van der Waals surface area (Å²) in [4.78, 5) is 38.3. The van der Waals surface area contributed by atoms with Crippen molar-refractivity contribution in [1.82, 2.24) is 0 Å². The average molecular weight is 1020 g/mol. The molecule has 0 fully saturated rings. The minimum absolute atomic E-state index is 0.0833. The first-order valence-electron chi connectivity index (χ1n) is 31.1. The van der Waals surface area contributed by atoms with E-state index in [0.717, 1.165) is 122 Å².